The van der Waals surface area contributed by atoms with E-state index in [9.17, 15) is 0 Å². The van der Waals surface area contributed by atoms with Crippen LogP contribution in [0.15, 0.2) is 60.8 Å². The van der Waals surface area contributed by atoms with Crippen LogP contribution in [-0.2, 0) is 0 Å². The Labute approximate surface area is 123 Å². The van der Waals surface area contributed by atoms with E-state index < -0.39 is 0 Å². The summed E-state index contributed by atoms with van der Waals surface area (Å²) < 4.78 is 0. The first-order valence-corrected chi connectivity index (χ1v) is 6.80. The number of rotatable bonds is 4. The molecule has 0 saturated heterocycles. The molecule has 0 aliphatic rings. The molecular weight excluding hydrogens is 260 g/mol. The van der Waals surface area contributed by atoms with E-state index in [-0.39, 0.29) is 0 Å². The third kappa shape index (κ3) is 2.67. The van der Waals surface area contributed by atoms with Crippen molar-refractivity contribution in [3.63, 3.8) is 0 Å². The van der Waals surface area contributed by atoms with Crippen LogP contribution in [0.25, 0.3) is 10.8 Å². The van der Waals surface area contributed by atoms with E-state index in [1.807, 2.05) is 59.5 Å². The maximum Gasteiger partial charge on any atom is 0.163 e. The van der Waals surface area contributed by atoms with Crippen LogP contribution in [-0.4, -0.2) is 16.7 Å². The van der Waals surface area contributed by atoms with Crippen LogP contribution < -0.4 is 4.90 Å². The molecule has 4 heteroatoms. The second kappa shape index (κ2) is 6.02. The molecule has 1 aromatic heterocycles. The summed E-state index contributed by atoms with van der Waals surface area (Å²) in [7, 11) is 0. The highest BCUT2D eigenvalue weighted by molar-refractivity contribution is 5.93. The summed E-state index contributed by atoms with van der Waals surface area (Å²) in [4.78, 5) is 2.04. The molecule has 0 N–H and O–H groups in total. The minimum Gasteiger partial charge on any atom is -0.323 e. The van der Waals surface area contributed by atoms with Gasteiger partial charge in [-0.05, 0) is 12.1 Å². The second-order valence-corrected chi connectivity index (χ2v) is 4.65. The van der Waals surface area contributed by atoms with Crippen LogP contribution in [0.5, 0.6) is 0 Å². The highest BCUT2D eigenvalue weighted by atomic mass is 15.3. The van der Waals surface area contributed by atoms with E-state index in [0.29, 0.717) is 13.0 Å². The molecule has 0 unspecified atom stereocenters. The topological polar surface area (TPSA) is 52.8 Å². The summed E-state index contributed by atoms with van der Waals surface area (Å²) in [5.41, 5.74) is 1.01. The Morgan fingerprint density at radius 2 is 1.76 bits per heavy atom. The molecule has 102 valence electrons. The zero-order chi connectivity index (χ0) is 14.5. The maximum absolute atomic E-state index is 8.91. The van der Waals surface area contributed by atoms with Gasteiger partial charge in [0.15, 0.2) is 5.82 Å². The lowest BCUT2D eigenvalue weighted by atomic mass is 10.1. The standard InChI is InChI=1S/C17H14N4/c18-11-6-12-21(15-8-2-1-3-9-15)17-16-10-5-4-7-14(16)13-19-20-17/h1-5,7-10,13H,6,12H2. The van der Waals surface area contributed by atoms with Gasteiger partial charge in [-0.15, -0.1) is 5.10 Å². The number of fused-ring (bicyclic) bond motifs is 1. The van der Waals surface area contributed by atoms with Crippen molar-refractivity contribution in [2.75, 3.05) is 11.4 Å². The number of anilines is 2. The van der Waals surface area contributed by atoms with Gasteiger partial charge in [0, 0.05) is 23.0 Å². The predicted octanol–water partition coefficient (Wildman–Crippen LogP) is 3.68. The third-order valence-electron chi connectivity index (χ3n) is 3.32. The lowest BCUT2D eigenvalue weighted by Crippen LogP contribution is -2.20. The molecule has 3 aromatic rings. The van der Waals surface area contributed by atoms with Crippen molar-refractivity contribution in [3.05, 3.63) is 60.8 Å². The Morgan fingerprint density at radius 1 is 1.00 bits per heavy atom. The first-order valence-electron chi connectivity index (χ1n) is 6.80. The number of para-hydroxylation sites is 1. The lowest BCUT2D eigenvalue weighted by Gasteiger charge is -2.23. The monoisotopic (exact) mass is 274 g/mol. The zero-order valence-electron chi connectivity index (χ0n) is 11.5. The SMILES string of the molecule is N#CCCN(c1ccccc1)c1nncc2ccccc12. The maximum atomic E-state index is 8.91. The largest absolute Gasteiger partial charge is 0.323 e. The minimum absolute atomic E-state index is 0.430. The molecule has 0 amide bonds. The summed E-state index contributed by atoms with van der Waals surface area (Å²) in [5, 5.41) is 19.4. The molecule has 1 heterocycles. The molecule has 0 fully saturated rings. The molecule has 4 nitrogen and oxygen atoms in total. The fraction of sp³-hybridized carbons (Fsp3) is 0.118. The van der Waals surface area contributed by atoms with Crippen molar-refractivity contribution < 1.29 is 0 Å². The van der Waals surface area contributed by atoms with Gasteiger partial charge in [0.05, 0.1) is 18.7 Å². The predicted molar refractivity (Wildman–Crippen MR) is 83.2 cm³/mol. The average molecular weight is 274 g/mol. The summed E-state index contributed by atoms with van der Waals surface area (Å²) in [6.07, 6.45) is 2.19. The molecule has 21 heavy (non-hydrogen) atoms. The summed E-state index contributed by atoms with van der Waals surface area (Å²) in [6, 6.07) is 20.2. The first kappa shape index (κ1) is 13.1. The number of nitriles is 1. The Hall–Kier alpha value is -2.93. The van der Waals surface area contributed by atoms with Crippen LogP contribution >= 0.6 is 0 Å². The Balaban J connectivity index is 2.13. The number of hydrogen-bond donors (Lipinski definition) is 0. The van der Waals surface area contributed by atoms with E-state index in [0.717, 1.165) is 22.3 Å². The van der Waals surface area contributed by atoms with Gasteiger partial charge in [0.2, 0.25) is 0 Å². The van der Waals surface area contributed by atoms with Crippen LogP contribution in [0.1, 0.15) is 6.42 Å². The fourth-order valence-electron chi connectivity index (χ4n) is 2.34. The number of nitrogens with zero attached hydrogens (tertiary/aromatic N) is 4. The highest BCUT2D eigenvalue weighted by Crippen LogP contribution is 2.29. The number of aromatic nitrogens is 2. The van der Waals surface area contributed by atoms with E-state index >= 15 is 0 Å². The van der Waals surface area contributed by atoms with Crippen LogP contribution in [0.3, 0.4) is 0 Å². The van der Waals surface area contributed by atoms with Gasteiger partial charge in [0.1, 0.15) is 0 Å². The molecule has 0 radical (unpaired) electrons. The average Bonchev–Trinajstić information content (AvgIpc) is 2.56. The first-order chi connectivity index (χ1) is 10.4. The van der Waals surface area contributed by atoms with Gasteiger partial charge >= 0.3 is 0 Å². The quantitative estimate of drug-likeness (QED) is 0.728. The summed E-state index contributed by atoms with van der Waals surface area (Å²) in [6.45, 7) is 0.587. The van der Waals surface area contributed by atoms with Gasteiger partial charge < -0.3 is 4.90 Å². The summed E-state index contributed by atoms with van der Waals surface area (Å²) in [5.74, 6) is 0.787. The van der Waals surface area contributed by atoms with Crippen LogP contribution in [0.2, 0.25) is 0 Å². The normalized spacial score (nSPS) is 10.2. The van der Waals surface area contributed by atoms with E-state index in [4.69, 9.17) is 5.26 Å². The van der Waals surface area contributed by atoms with Gasteiger partial charge in [0.25, 0.3) is 0 Å². The molecule has 0 bridgehead atoms. The second-order valence-electron chi connectivity index (χ2n) is 4.65. The smallest absolute Gasteiger partial charge is 0.163 e. The molecule has 0 aliphatic carbocycles. The molecule has 0 aliphatic heterocycles. The van der Waals surface area contributed by atoms with Gasteiger partial charge in [-0.2, -0.15) is 10.4 Å². The molecular formula is C17H14N4. The highest BCUT2D eigenvalue weighted by Gasteiger charge is 2.14. The summed E-state index contributed by atoms with van der Waals surface area (Å²) >= 11 is 0. The van der Waals surface area contributed by atoms with Crippen molar-refractivity contribution in [1.82, 2.24) is 10.2 Å². The van der Waals surface area contributed by atoms with Crippen molar-refractivity contribution >= 4 is 22.3 Å². The molecule has 0 atom stereocenters. The molecule has 2 aromatic carbocycles. The molecule has 3 rings (SSSR count). The van der Waals surface area contributed by atoms with E-state index in [1.165, 1.54) is 0 Å². The molecule has 0 spiro atoms. The van der Waals surface area contributed by atoms with Crippen molar-refractivity contribution in [1.29, 1.82) is 5.26 Å². The number of hydrogen-bond acceptors (Lipinski definition) is 4. The lowest BCUT2D eigenvalue weighted by molar-refractivity contribution is 0.904. The molecule has 0 saturated carbocycles. The van der Waals surface area contributed by atoms with Gasteiger partial charge in [-0.25, -0.2) is 0 Å². The van der Waals surface area contributed by atoms with E-state index in [2.05, 4.69) is 16.3 Å². The van der Waals surface area contributed by atoms with Crippen molar-refractivity contribution in [2.45, 2.75) is 6.42 Å². The van der Waals surface area contributed by atoms with E-state index in [1.54, 1.807) is 6.20 Å². The Bertz CT molecular complexity index is 772. The van der Waals surface area contributed by atoms with Crippen molar-refractivity contribution in [3.8, 4) is 6.07 Å². The fourth-order valence-corrected chi connectivity index (χ4v) is 2.34. The van der Waals surface area contributed by atoms with Crippen LogP contribution in [0, 0.1) is 11.3 Å². The third-order valence-corrected chi connectivity index (χ3v) is 3.32. The minimum atomic E-state index is 0.430. The van der Waals surface area contributed by atoms with Gasteiger partial charge in [-0.3, -0.25) is 0 Å². The zero-order valence-corrected chi connectivity index (χ0v) is 11.5. The van der Waals surface area contributed by atoms with Crippen molar-refractivity contribution in [2.24, 2.45) is 0 Å². The Morgan fingerprint density at radius 3 is 2.57 bits per heavy atom. The Kier molecular flexibility index (Phi) is 3.74. The number of benzene rings is 2. The van der Waals surface area contributed by atoms with Crippen LogP contribution in [0.4, 0.5) is 11.5 Å². The van der Waals surface area contributed by atoms with Gasteiger partial charge in [-0.1, -0.05) is 42.5 Å².